The van der Waals surface area contributed by atoms with Gasteiger partial charge in [-0.3, -0.25) is 0 Å². The highest BCUT2D eigenvalue weighted by Gasteiger charge is 2.59. The molecule has 6 heteroatoms. The Kier molecular flexibility index (Phi) is 5.49. The number of rotatable bonds is 3. The first-order chi connectivity index (χ1) is 15.5. The Bertz CT molecular complexity index is 1160. The van der Waals surface area contributed by atoms with E-state index in [1.807, 2.05) is 36.4 Å². The van der Waals surface area contributed by atoms with Crippen molar-refractivity contribution in [2.24, 2.45) is 40.5 Å². The lowest BCUT2D eigenvalue weighted by atomic mass is 10.0. The monoisotopic (exact) mass is 463 g/mol. The molecular weight excluding hydrogens is 441 g/mol. The number of nitrogens with zero attached hydrogens (tertiary/aromatic N) is 2. The summed E-state index contributed by atoms with van der Waals surface area (Å²) in [5.74, 6) is 2.73. The van der Waals surface area contributed by atoms with Crippen LogP contribution in [-0.4, -0.2) is 17.1 Å². The van der Waals surface area contributed by atoms with Crippen LogP contribution < -0.4 is 5.73 Å². The highest BCUT2D eigenvalue weighted by Crippen LogP contribution is 2.58. The van der Waals surface area contributed by atoms with Gasteiger partial charge in [-0.25, -0.2) is 6.57 Å². The van der Waals surface area contributed by atoms with Crippen molar-refractivity contribution in [3.63, 3.8) is 0 Å². The lowest BCUT2D eigenvalue weighted by molar-refractivity contribution is 0.316. The summed E-state index contributed by atoms with van der Waals surface area (Å²) in [5, 5.41) is 13.3. The van der Waals surface area contributed by atoms with Crippen molar-refractivity contribution in [2.45, 2.75) is 18.9 Å². The Hall–Kier alpha value is -2.74. The van der Waals surface area contributed by atoms with Crippen LogP contribution in [0.5, 0.6) is 0 Å². The average Bonchev–Trinajstić information content (AvgIpc) is 3.51. The van der Waals surface area contributed by atoms with Crippen LogP contribution >= 0.6 is 23.2 Å². The topological polar surface area (TPSA) is 63.0 Å². The Balaban J connectivity index is 0.000000136. The Morgan fingerprint density at radius 2 is 1.38 bits per heavy atom. The standard InChI is InChI=1S/C13H13ClN2O.C13H10ClN/c14-9-3-1-7(2-4-9)8-5-10-11(6-8)12(10)13(15)16-17;1-15-13-11-6-9(7-12(11)13)8-2-4-10(14)5-3-8/h1-5,10-12,17H,6H2,(H2,15,16);2-6,11-13H,7H2/t10-,11+,12+;11-,12+,13+/m00/s1. The maximum atomic E-state index is 8.64. The van der Waals surface area contributed by atoms with Crippen LogP contribution in [-0.2, 0) is 0 Å². The van der Waals surface area contributed by atoms with E-state index in [0.717, 1.165) is 22.9 Å². The summed E-state index contributed by atoms with van der Waals surface area (Å²) in [4.78, 5) is 3.61. The second-order valence-electron chi connectivity index (χ2n) is 8.96. The molecule has 3 N–H and O–H groups in total. The van der Waals surface area contributed by atoms with Gasteiger partial charge in [0, 0.05) is 16.0 Å². The van der Waals surface area contributed by atoms with Crippen LogP contribution in [0.4, 0.5) is 0 Å². The van der Waals surface area contributed by atoms with Gasteiger partial charge in [0.1, 0.15) is 5.84 Å². The molecule has 0 amide bonds. The molecule has 2 aromatic carbocycles. The molecule has 6 rings (SSSR count). The first-order valence-electron chi connectivity index (χ1n) is 10.8. The van der Waals surface area contributed by atoms with Crippen molar-refractivity contribution in [2.75, 3.05) is 0 Å². The van der Waals surface area contributed by atoms with Gasteiger partial charge >= 0.3 is 0 Å². The molecule has 2 fully saturated rings. The first kappa shape index (κ1) is 21.1. The zero-order valence-electron chi connectivity index (χ0n) is 17.3. The summed E-state index contributed by atoms with van der Waals surface area (Å²) in [6.07, 6.45) is 6.60. The molecule has 0 spiro atoms. The highest BCUT2D eigenvalue weighted by molar-refractivity contribution is 6.30. The fraction of sp³-hybridized carbons (Fsp3) is 0.308. The van der Waals surface area contributed by atoms with E-state index in [-0.39, 0.29) is 12.0 Å². The van der Waals surface area contributed by atoms with Gasteiger partial charge in [0.25, 0.3) is 0 Å². The molecular formula is C26H23Cl2N3O. The number of oxime groups is 1. The van der Waals surface area contributed by atoms with Crippen molar-refractivity contribution in [1.29, 1.82) is 0 Å². The molecule has 0 aliphatic heterocycles. The lowest BCUT2D eigenvalue weighted by Gasteiger charge is -2.06. The van der Waals surface area contributed by atoms with Crippen LogP contribution in [0.25, 0.3) is 16.0 Å². The molecule has 4 nitrogen and oxygen atoms in total. The summed E-state index contributed by atoms with van der Waals surface area (Å²) in [6, 6.07) is 16.1. The van der Waals surface area contributed by atoms with Gasteiger partial charge in [-0.2, -0.15) is 0 Å². The van der Waals surface area contributed by atoms with Crippen molar-refractivity contribution in [3.05, 3.63) is 93.3 Å². The largest absolute Gasteiger partial charge is 0.409 e. The van der Waals surface area contributed by atoms with Crippen molar-refractivity contribution >= 4 is 40.2 Å². The maximum absolute atomic E-state index is 8.64. The zero-order valence-corrected chi connectivity index (χ0v) is 18.8. The third kappa shape index (κ3) is 3.92. The number of halogens is 2. The molecule has 4 aliphatic carbocycles. The lowest BCUT2D eigenvalue weighted by Crippen LogP contribution is -2.16. The highest BCUT2D eigenvalue weighted by atomic mass is 35.5. The third-order valence-electron chi connectivity index (χ3n) is 7.15. The van der Waals surface area contributed by atoms with Gasteiger partial charge in [0.2, 0.25) is 6.04 Å². The molecule has 2 saturated carbocycles. The molecule has 4 aliphatic rings. The summed E-state index contributed by atoms with van der Waals surface area (Å²) in [7, 11) is 0. The van der Waals surface area contributed by atoms with Crippen molar-refractivity contribution in [3.8, 4) is 0 Å². The third-order valence-corrected chi connectivity index (χ3v) is 7.65. The van der Waals surface area contributed by atoms with Gasteiger partial charge < -0.3 is 15.8 Å². The number of fused-ring (bicyclic) bond motifs is 2. The smallest absolute Gasteiger partial charge is 0.234 e. The minimum absolute atomic E-state index is 0.246. The van der Waals surface area contributed by atoms with Gasteiger partial charge in [-0.1, -0.05) is 64.8 Å². The molecule has 0 radical (unpaired) electrons. The summed E-state index contributed by atoms with van der Waals surface area (Å²) < 4.78 is 0. The molecule has 0 unspecified atom stereocenters. The fourth-order valence-electron chi connectivity index (χ4n) is 5.28. The fourth-order valence-corrected chi connectivity index (χ4v) is 5.53. The van der Waals surface area contributed by atoms with E-state index in [0.29, 0.717) is 29.5 Å². The number of hydrogen-bond acceptors (Lipinski definition) is 2. The van der Waals surface area contributed by atoms with Crippen LogP contribution in [0.2, 0.25) is 10.0 Å². The van der Waals surface area contributed by atoms with Gasteiger partial charge in [-0.15, -0.1) is 0 Å². The van der Waals surface area contributed by atoms with Crippen LogP contribution in [0.15, 0.2) is 65.8 Å². The number of nitrogens with two attached hydrogens (primary N) is 1. The van der Waals surface area contributed by atoms with E-state index in [9.17, 15) is 0 Å². The molecule has 0 bridgehead atoms. The van der Waals surface area contributed by atoms with Crippen LogP contribution in [0, 0.1) is 36.2 Å². The van der Waals surface area contributed by atoms with E-state index in [1.165, 1.54) is 22.3 Å². The van der Waals surface area contributed by atoms with E-state index in [2.05, 4.69) is 34.3 Å². The maximum Gasteiger partial charge on any atom is 0.234 e. The average molecular weight is 464 g/mol. The van der Waals surface area contributed by atoms with Gasteiger partial charge in [0.15, 0.2) is 0 Å². The molecule has 0 aromatic heterocycles. The zero-order chi connectivity index (χ0) is 22.4. The molecule has 0 heterocycles. The Labute approximate surface area is 197 Å². The SMILES string of the molecule is N/C(=N\O)[C@@H]1[C@H]2C=C(c3ccc(Cl)cc3)C[C@H]21.[C-]#[N+][C@@H]1[C@H]2C=C(c3ccc(Cl)cc3)C[C@H]21. The van der Waals surface area contributed by atoms with E-state index in [4.69, 9.17) is 40.7 Å². The van der Waals surface area contributed by atoms with Gasteiger partial charge in [0.05, 0.1) is 11.8 Å². The van der Waals surface area contributed by atoms with E-state index in [1.54, 1.807) is 0 Å². The minimum atomic E-state index is 0.246. The van der Waals surface area contributed by atoms with Crippen molar-refractivity contribution < 1.29 is 5.21 Å². The van der Waals surface area contributed by atoms with Crippen molar-refractivity contribution in [1.82, 2.24) is 0 Å². The first-order valence-corrected chi connectivity index (χ1v) is 11.5. The van der Waals surface area contributed by atoms with E-state index >= 15 is 0 Å². The summed E-state index contributed by atoms with van der Waals surface area (Å²) >= 11 is 11.7. The molecule has 162 valence electrons. The number of amidine groups is 1. The molecule has 0 saturated heterocycles. The molecule has 2 aromatic rings. The number of allylic oxidation sites excluding steroid dienone is 3. The normalized spacial score (nSPS) is 31.3. The van der Waals surface area contributed by atoms with Crippen LogP contribution in [0.3, 0.4) is 0 Å². The number of benzene rings is 2. The minimum Gasteiger partial charge on any atom is -0.409 e. The second kappa shape index (κ2) is 8.31. The second-order valence-corrected chi connectivity index (χ2v) is 9.83. The summed E-state index contributed by atoms with van der Waals surface area (Å²) in [5.41, 5.74) is 10.8. The van der Waals surface area contributed by atoms with Gasteiger partial charge in [-0.05, 0) is 71.2 Å². The summed E-state index contributed by atoms with van der Waals surface area (Å²) in [6.45, 7) is 6.99. The quantitative estimate of drug-likeness (QED) is 0.182. The van der Waals surface area contributed by atoms with Crippen LogP contribution in [0.1, 0.15) is 24.0 Å². The Morgan fingerprint density at radius 3 is 1.75 bits per heavy atom. The van der Waals surface area contributed by atoms with E-state index < -0.39 is 0 Å². The predicted molar refractivity (Wildman–Crippen MR) is 129 cm³/mol. The number of hydrogen-bond donors (Lipinski definition) is 2. The molecule has 6 atom stereocenters. The molecule has 32 heavy (non-hydrogen) atoms. The predicted octanol–water partition coefficient (Wildman–Crippen LogP) is 6.40. The Morgan fingerprint density at radius 1 is 0.875 bits per heavy atom.